The van der Waals surface area contributed by atoms with Crippen LogP contribution in [0.3, 0.4) is 0 Å². The van der Waals surface area contributed by atoms with Crippen LogP contribution in [0, 0.1) is 0 Å². The average Bonchev–Trinajstić information content (AvgIpc) is 4.32. The van der Waals surface area contributed by atoms with Gasteiger partial charge in [-0.25, -0.2) is 15.0 Å². The Labute approximate surface area is 439 Å². The summed E-state index contributed by atoms with van der Waals surface area (Å²) in [6, 6.07) is 85.7. The summed E-state index contributed by atoms with van der Waals surface area (Å²) < 4.78 is 18.2. The quantitative estimate of drug-likeness (QED) is 0.159. The fraction of sp³-hybridized carbons (Fsp3) is 0. The molecule has 0 aliphatic carbocycles. The number of furan rings is 2. The summed E-state index contributed by atoms with van der Waals surface area (Å²) in [5.41, 5.74) is 16.1. The minimum Gasteiger partial charge on any atom is -0.456 e. The fourth-order valence-corrected chi connectivity index (χ4v) is 12.8. The van der Waals surface area contributed by atoms with E-state index in [1.807, 2.05) is 65.9 Å². The van der Waals surface area contributed by atoms with Gasteiger partial charge in [-0.05, 0) is 113 Å². The van der Waals surface area contributed by atoms with Crippen LogP contribution >= 0.6 is 11.3 Å². The van der Waals surface area contributed by atoms with Crippen molar-refractivity contribution < 1.29 is 8.83 Å². The first kappa shape index (κ1) is 42.5. The topological polar surface area (TPSA) is 69.9 Å². The van der Waals surface area contributed by atoms with Gasteiger partial charge in [-0.2, -0.15) is 0 Å². The molecule has 0 radical (unpaired) electrons. The summed E-state index contributed by atoms with van der Waals surface area (Å²) in [7, 11) is 0. The second-order valence-electron chi connectivity index (χ2n) is 19.4. The van der Waals surface area contributed by atoms with E-state index in [1.54, 1.807) is 0 Å². The summed E-state index contributed by atoms with van der Waals surface area (Å²) in [4.78, 5) is 15.7. The third kappa shape index (κ3) is 6.69. The number of fused-ring (bicyclic) bond motifs is 12. The maximum Gasteiger partial charge on any atom is 0.164 e. The van der Waals surface area contributed by atoms with E-state index in [9.17, 15) is 0 Å². The standard InChI is InChI=1S/C69H40N4O2S/c1-4-16-41(17-5-1)48-24-14-27-60-64(48)51-33-30-45(40-62(51)75-60)68-70-67(42-18-6-2-7-19-42)71-69(72-68)52-25-15-28-61-65(52)56-36-43(32-35-59(56)74-61)46-38-53(66-55(39-46)50-23-11-13-29-63(50)76-66)44-31-34-58-54(37-44)49-22-10-12-26-57(49)73(58)47-20-8-3-9-21-47/h1-40H. The molecule has 0 aliphatic rings. The Morgan fingerprint density at radius 3 is 1.72 bits per heavy atom. The van der Waals surface area contributed by atoms with Crippen LogP contribution in [-0.2, 0) is 0 Å². The minimum absolute atomic E-state index is 0.548. The maximum absolute atomic E-state index is 6.69. The molecule has 0 saturated carbocycles. The molecule has 0 bridgehead atoms. The van der Waals surface area contributed by atoms with Crippen LogP contribution in [0.25, 0.3) is 159 Å². The molecule has 16 rings (SSSR count). The zero-order valence-electron chi connectivity index (χ0n) is 40.6. The number of benzene rings is 11. The van der Waals surface area contributed by atoms with E-state index in [0.29, 0.717) is 17.5 Å². The summed E-state index contributed by atoms with van der Waals surface area (Å²) >= 11 is 1.86. The highest BCUT2D eigenvalue weighted by molar-refractivity contribution is 7.26. The normalized spacial score (nSPS) is 11.9. The zero-order chi connectivity index (χ0) is 49.8. The van der Waals surface area contributed by atoms with Gasteiger partial charge >= 0.3 is 0 Å². The largest absolute Gasteiger partial charge is 0.456 e. The van der Waals surface area contributed by atoms with Crippen LogP contribution in [-0.4, -0.2) is 19.5 Å². The minimum atomic E-state index is 0.548. The molecule has 0 aliphatic heterocycles. The van der Waals surface area contributed by atoms with E-state index in [4.69, 9.17) is 23.8 Å². The molecule has 5 aromatic heterocycles. The number of hydrogen-bond acceptors (Lipinski definition) is 6. The molecule has 5 heterocycles. The van der Waals surface area contributed by atoms with E-state index in [2.05, 4.69) is 193 Å². The smallest absolute Gasteiger partial charge is 0.164 e. The van der Waals surface area contributed by atoms with Crippen LogP contribution < -0.4 is 0 Å². The SMILES string of the molecule is c1ccc(-c2nc(-c3ccc4c(c3)oc3cccc(-c5ccccc5)c34)nc(-c3cccc4oc5ccc(-c6cc(-c7ccc8c(c7)c7ccccc7n8-c7ccccc7)c7sc8ccccc8c7c6)cc5c34)n2)cc1. The van der Waals surface area contributed by atoms with E-state index in [0.717, 1.165) is 88.5 Å². The number of rotatable bonds is 7. The molecule has 7 heteroatoms. The summed E-state index contributed by atoms with van der Waals surface area (Å²) in [6.45, 7) is 0. The van der Waals surface area contributed by atoms with Gasteiger partial charge < -0.3 is 13.4 Å². The maximum atomic E-state index is 6.69. The van der Waals surface area contributed by atoms with Gasteiger partial charge in [0.2, 0.25) is 0 Å². The summed E-state index contributed by atoms with van der Waals surface area (Å²) in [6.07, 6.45) is 0. The molecule has 0 atom stereocenters. The van der Waals surface area contributed by atoms with Crippen molar-refractivity contribution in [3.8, 4) is 73.2 Å². The zero-order valence-corrected chi connectivity index (χ0v) is 41.4. The lowest BCUT2D eigenvalue weighted by molar-refractivity contribution is 0.668. The predicted octanol–water partition coefficient (Wildman–Crippen LogP) is 19.1. The Hall–Kier alpha value is -9.95. The average molecular weight is 989 g/mol. The monoisotopic (exact) mass is 988 g/mol. The molecular weight excluding hydrogens is 949 g/mol. The van der Waals surface area contributed by atoms with E-state index >= 15 is 0 Å². The first-order valence-corrected chi connectivity index (χ1v) is 26.3. The van der Waals surface area contributed by atoms with Gasteiger partial charge in [0.25, 0.3) is 0 Å². The third-order valence-corrected chi connectivity index (χ3v) is 16.3. The van der Waals surface area contributed by atoms with Crippen LogP contribution in [0.2, 0.25) is 0 Å². The highest BCUT2D eigenvalue weighted by Crippen LogP contribution is 2.46. The molecule has 0 N–H and O–H groups in total. The van der Waals surface area contributed by atoms with Crippen molar-refractivity contribution in [1.82, 2.24) is 19.5 Å². The molecule has 6 nitrogen and oxygen atoms in total. The molecule has 0 fully saturated rings. The second-order valence-corrected chi connectivity index (χ2v) is 20.5. The lowest BCUT2D eigenvalue weighted by Crippen LogP contribution is -2.00. The van der Waals surface area contributed by atoms with Gasteiger partial charge in [0.1, 0.15) is 22.3 Å². The van der Waals surface area contributed by atoms with E-state index < -0.39 is 0 Å². The molecule has 16 aromatic rings. The van der Waals surface area contributed by atoms with Crippen molar-refractivity contribution in [1.29, 1.82) is 0 Å². The Balaban J connectivity index is 0.865. The highest BCUT2D eigenvalue weighted by atomic mass is 32.1. The van der Waals surface area contributed by atoms with Crippen molar-refractivity contribution in [2.24, 2.45) is 0 Å². The van der Waals surface area contributed by atoms with Crippen LogP contribution in [0.4, 0.5) is 0 Å². The lowest BCUT2D eigenvalue weighted by atomic mass is 9.94. The van der Waals surface area contributed by atoms with Gasteiger partial charge in [-0.3, -0.25) is 0 Å². The Morgan fingerprint density at radius 1 is 0.303 bits per heavy atom. The molecule has 0 spiro atoms. The Kier molecular flexibility index (Phi) is 9.40. The Morgan fingerprint density at radius 2 is 0.908 bits per heavy atom. The number of nitrogens with zero attached hydrogens (tertiary/aromatic N) is 4. The molecule has 0 amide bonds. The first-order valence-electron chi connectivity index (χ1n) is 25.5. The molecule has 76 heavy (non-hydrogen) atoms. The van der Waals surface area contributed by atoms with Crippen LogP contribution in [0.1, 0.15) is 0 Å². The van der Waals surface area contributed by atoms with Crippen LogP contribution in [0.15, 0.2) is 251 Å². The predicted molar refractivity (Wildman–Crippen MR) is 314 cm³/mol. The highest BCUT2D eigenvalue weighted by Gasteiger charge is 2.22. The molecule has 0 unspecified atom stereocenters. The van der Waals surface area contributed by atoms with Gasteiger partial charge in [-0.1, -0.05) is 158 Å². The molecular formula is C69H40N4O2S. The lowest BCUT2D eigenvalue weighted by Gasteiger charge is -2.11. The third-order valence-electron chi connectivity index (χ3n) is 15.1. The van der Waals surface area contributed by atoms with Crippen LogP contribution in [0.5, 0.6) is 0 Å². The summed E-state index contributed by atoms with van der Waals surface area (Å²) in [5.74, 6) is 1.68. The van der Waals surface area contributed by atoms with Crippen molar-refractivity contribution in [3.05, 3.63) is 243 Å². The van der Waals surface area contributed by atoms with E-state index in [-0.39, 0.29) is 0 Å². The molecule has 354 valence electrons. The van der Waals surface area contributed by atoms with Crippen molar-refractivity contribution in [2.45, 2.75) is 0 Å². The molecule has 0 saturated heterocycles. The number of thiophene rings is 1. The van der Waals surface area contributed by atoms with Gasteiger partial charge in [0.15, 0.2) is 17.5 Å². The van der Waals surface area contributed by atoms with Gasteiger partial charge in [0.05, 0.1) is 11.0 Å². The van der Waals surface area contributed by atoms with Crippen molar-refractivity contribution >= 4 is 97.2 Å². The van der Waals surface area contributed by atoms with E-state index in [1.165, 1.54) is 53.1 Å². The number of aromatic nitrogens is 4. The fourth-order valence-electron chi connectivity index (χ4n) is 11.6. The molecule has 11 aromatic carbocycles. The van der Waals surface area contributed by atoms with Gasteiger partial charge in [0, 0.05) is 80.4 Å². The summed E-state index contributed by atoms with van der Waals surface area (Å²) in [5, 5.41) is 8.98. The van der Waals surface area contributed by atoms with Crippen molar-refractivity contribution in [2.75, 3.05) is 0 Å². The number of hydrogen-bond donors (Lipinski definition) is 0. The van der Waals surface area contributed by atoms with Gasteiger partial charge in [-0.15, -0.1) is 11.3 Å². The van der Waals surface area contributed by atoms with Crippen molar-refractivity contribution in [3.63, 3.8) is 0 Å². The number of para-hydroxylation sites is 2. The second kappa shape index (κ2) is 16.8. The first-order chi connectivity index (χ1) is 37.6. The Bertz CT molecular complexity index is 4990.